The first-order valence-electron chi connectivity index (χ1n) is 7.29. The molecule has 22 heavy (non-hydrogen) atoms. The Balaban J connectivity index is 1.59. The molecule has 0 fully saturated rings. The number of benzene rings is 1. The Morgan fingerprint density at radius 2 is 2.45 bits per heavy atom. The van der Waals surface area contributed by atoms with Crippen molar-refractivity contribution in [3.05, 3.63) is 47.5 Å². The number of hydrogen-bond acceptors (Lipinski definition) is 3. The fourth-order valence-electron chi connectivity index (χ4n) is 2.65. The Morgan fingerprint density at radius 1 is 1.59 bits per heavy atom. The first-order chi connectivity index (χ1) is 10.6. The van der Waals surface area contributed by atoms with Gasteiger partial charge in [0.05, 0.1) is 12.2 Å². The van der Waals surface area contributed by atoms with Gasteiger partial charge in [-0.15, -0.1) is 0 Å². The minimum Gasteiger partial charge on any atom is -0.492 e. The van der Waals surface area contributed by atoms with Crippen molar-refractivity contribution in [3.8, 4) is 5.75 Å². The summed E-state index contributed by atoms with van der Waals surface area (Å²) in [6.07, 6.45) is 6.00. The lowest BCUT2D eigenvalue weighted by Crippen LogP contribution is -2.43. The van der Waals surface area contributed by atoms with Crippen LogP contribution in [0.2, 0.25) is 5.02 Å². The molecule has 0 radical (unpaired) electrons. The number of nitrogens with zero attached hydrogens (tertiary/aromatic N) is 2. The molecule has 0 saturated heterocycles. The number of nitrogens with one attached hydrogen (secondary N) is 1. The van der Waals surface area contributed by atoms with E-state index in [-0.39, 0.29) is 17.9 Å². The van der Waals surface area contributed by atoms with Gasteiger partial charge >= 0.3 is 0 Å². The highest BCUT2D eigenvalue weighted by Crippen LogP contribution is 2.29. The van der Waals surface area contributed by atoms with E-state index in [1.165, 1.54) is 0 Å². The van der Waals surface area contributed by atoms with Gasteiger partial charge in [0, 0.05) is 30.0 Å². The van der Waals surface area contributed by atoms with E-state index in [0.29, 0.717) is 24.6 Å². The number of imidazole rings is 1. The maximum atomic E-state index is 12.4. The molecule has 116 valence electrons. The molecule has 3 rings (SSSR count). The summed E-state index contributed by atoms with van der Waals surface area (Å²) in [5.41, 5.74) is 0.987. The van der Waals surface area contributed by atoms with E-state index in [0.717, 1.165) is 11.3 Å². The standard InChI is InChI=1S/C16H18ClN3O2/c1-11(8-20-5-4-18-10-20)19-16(21)13-6-12-7-14(17)2-3-15(12)22-9-13/h2-5,7,10-11,13H,6,8-9H2,1H3,(H,19,21). The predicted molar refractivity (Wildman–Crippen MR) is 84.0 cm³/mol. The summed E-state index contributed by atoms with van der Waals surface area (Å²) in [5.74, 6) is 0.648. The van der Waals surface area contributed by atoms with Crippen LogP contribution in [0.3, 0.4) is 0 Å². The van der Waals surface area contributed by atoms with Crippen LogP contribution in [-0.4, -0.2) is 28.1 Å². The minimum atomic E-state index is -0.184. The van der Waals surface area contributed by atoms with Crippen molar-refractivity contribution in [2.24, 2.45) is 5.92 Å². The maximum absolute atomic E-state index is 12.4. The van der Waals surface area contributed by atoms with Gasteiger partial charge in [-0.3, -0.25) is 4.79 Å². The summed E-state index contributed by atoms with van der Waals surface area (Å²) < 4.78 is 7.61. The summed E-state index contributed by atoms with van der Waals surface area (Å²) in [7, 11) is 0. The summed E-state index contributed by atoms with van der Waals surface area (Å²) >= 11 is 6.00. The molecule has 2 aromatic rings. The predicted octanol–water partition coefficient (Wildman–Crippen LogP) is 2.29. The molecule has 1 aromatic carbocycles. The third-order valence-electron chi connectivity index (χ3n) is 3.73. The molecule has 1 aliphatic rings. The first kappa shape index (κ1) is 14.9. The van der Waals surface area contributed by atoms with Gasteiger partial charge in [0.1, 0.15) is 12.4 Å². The van der Waals surface area contributed by atoms with E-state index in [1.807, 2.05) is 29.8 Å². The van der Waals surface area contributed by atoms with Crippen molar-refractivity contribution in [2.75, 3.05) is 6.61 Å². The van der Waals surface area contributed by atoms with Crippen molar-refractivity contribution >= 4 is 17.5 Å². The van der Waals surface area contributed by atoms with E-state index in [2.05, 4.69) is 10.3 Å². The Bertz CT molecular complexity index is 657. The van der Waals surface area contributed by atoms with E-state index >= 15 is 0 Å². The third-order valence-corrected chi connectivity index (χ3v) is 3.97. The average Bonchev–Trinajstić information content (AvgIpc) is 2.99. The van der Waals surface area contributed by atoms with E-state index in [9.17, 15) is 4.79 Å². The molecule has 6 heteroatoms. The van der Waals surface area contributed by atoms with Gasteiger partial charge < -0.3 is 14.6 Å². The second-order valence-electron chi connectivity index (χ2n) is 5.63. The molecule has 1 N–H and O–H groups in total. The normalized spacial score (nSPS) is 18.2. The van der Waals surface area contributed by atoms with Crippen molar-refractivity contribution in [2.45, 2.75) is 25.9 Å². The van der Waals surface area contributed by atoms with Gasteiger partial charge in [-0.2, -0.15) is 0 Å². The van der Waals surface area contributed by atoms with Gasteiger partial charge in [-0.25, -0.2) is 4.98 Å². The first-order valence-corrected chi connectivity index (χ1v) is 7.67. The van der Waals surface area contributed by atoms with Crippen molar-refractivity contribution in [3.63, 3.8) is 0 Å². The van der Waals surface area contributed by atoms with Crippen LogP contribution in [0.1, 0.15) is 12.5 Å². The van der Waals surface area contributed by atoms with Gasteiger partial charge in [-0.05, 0) is 37.1 Å². The summed E-state index contributed by atoms with van der Waals surface area (Å²) in [4.78, 5) is 16.4. The number of carbonyl (C=O) groups is 1. The largest absolute Gasteiger partial charge is 0.492 e. The second-order valence-corrected chi connectivity index (χ2v) is 6.07. The number of hydrogen-bond donors (Lipinski definition) is 1. The van der Waals surface area contributed by atoms with Crippen LogP contribution in [-0.2, 0) is 17.8 Å². The van der Waals surface area contributed by atoms with Crippen LogP contribution in [0.4, 0.5) is 0 Å². The number of fused-ring (bicyclic) bond motifs is 1. The monoisotopic (exact) mass is 319 g/mol. The average molecular weight is 320 g/mol. The number of aromatic nitrogens is 2. The van der Waals surface area contributed by atoms with E-state index < -0.39 is 0 Å². The molecule has 0 saturated carbocycles. The SMILES string of the molecule is CC(Cn1ccnc1)NC(=O)C1COc2ccc(Cl)cc2C1. The maximum Gasteiger partial charge on any atom is 0.227 e. The Hall–Kier alpha value is -2.01. The highest BCUT2D eigenvalue weighted by Gasteiger charge is 2.26. The zero-order valence-corrected chi connectivity index (χ0v) is 13.1. The van der Waals surface area contributed by atoms with Crippen LogP contribution in [0.25, 0.3) is 0 Å². The summed E-state index contributed by atoms with van der Waals surface area (Å²) in [6.45, 7) is 3.08. The zero-order chi connectivity index (χ0) is 15.5. The van der Waals surface area contributed by atoms with Crippen LogP contribution in [0.15, 0.2) is 36.9 Å². The fourth-order valence-corrected chi connectivity index (χ4v) is 2.84. The molecule has 5 nitrogen and oxygen atoms in total. The summed E-state index contributed by atoms with van der Waals surface area (Å²) in [6, 6.07) is 5.55. The molecule has 1 aromatic heterocycles. The molecule has 0 spiro atoms. The zero-order valence-electron chi connectivity index (χ0n) is 12.3. The molecule has 0 aliphatic carbocycles. The number of carbonyl (C=O) groups excluding carboxylic acids is 1. The lowest BCUT2D eigenvalue weighted by molar-refractivity contribution is -0.127. The highest BCUT2D eigenvalue weighted by molar-refractivity contribution is 6.30. The number of amides is 1. The third kappa shape index (κ3) is 3.42. The number of ether oxygens (including phenoxy) is 1. The van der Waals surface area contributed by atoms with E-state index in [1.54, 1.807) is 18.6 Å². The lowest BCUT2D eigenvalue weighted by Gasteiger charge is -2.26. The van der Waals surface area contributed by atoms with Crippen molar-refractivity contribution < 1.29 is 9.53 Å². The Labute approximate surface area is 134 Å². The van der Waals surface area contributed by atoms with Gasteiger partial charge in [-0.1, -0.05) is 11.6 Å². The minimum absolute atomic E-state index is 0.0123. The molecule has 1 amide bonds. The van der Waals surface area contributed by atoms with Crippen molar-refractivity contribution in [1.82, 2.24) is 14.9 Å². The van der Waals surface area contributed by atoms with Crippen LogP contribution in [0, 0.1) is 5.92 Å². The topological polar surface area (TPSA) is 56.2 Å². The van der Waals surface area contributed by atoms with Crippen LogP contribution < -0.4 is 10.1 Å². The molecular weight excluding hydrogens is 302 g/mol. The molecule has 1 aliphatic heterocycles. The number of halogens is 1. The van der Waals surface area contributed by atoms with E-state index in [4.69, 9.17) is 16.3 Å². The molecular formula is C16H18ClN3O2. The van der Waals surface area contributed by atoms with Gasteiger partial charge in [0.15, 0.2) is 0 Å². The molecule has 2 heterocycles. The smallest absolute Gasteiger partial charge is 0.227 e. The second kappa shape index (κ2) is 6.40. The lowest BCUT2D eigenvalue weighted by atomic mass is 9.96. The molecule has 2 unspecified atom stereocenters. The van der Waals surface area contributed by atoms with Gasteiger partial charge in [0.2, 0.25) is 5.91 Å². The van der Waals surface area contributed by atoms with Crippen LogP contribution in [0.5, 0.6) is 5.75 Å². The van der Waals surface area contributed by atoms with Crippen LogP contribution >= 0.6 is 11.6 Å². The Kier molecular flexibility index (Phi) is 4.34. The summed E-state index contributed by atoms with van der Waals surface area (Å²) in [5, 5.41) is 3.70. The fraction of sp³-hybridized carbons (Fsp3) is 0.375. The highest BCUT2D eigenvalue weighted by atomic mass is 35.5. The molecule has 2 atom stereocenters. The van der Waals surface area contributed by atoms with Crippen molar-refractivity contribution in [1.29, 1.82) is 0 Å². The Morgan fingerprint density at radius 3 is 3.23 bits per heavy atom. The quantitative estimate of drug-likeness (QED) is 0.940. The van der Waals surface area contributed by atoms with Gasteiger partial charge in [0.25, 0.3) is 0 Å². The molecule has 0 bridgehead atoms. The number of rotatable bonds is 4.